The topological polar surface area (TPSA) is 80.6 Å². The molecule has 0 aliphatic carbocycles. The number of carbonyl (C=O) groups is 2. The Balaban J connectivity index is 1.38. The van der Waals surface area contributed by atoms with Crippen molar-refractivity contribution >= 4 is 11.8 Å². The highest BCUT2D eigenvalue weighted by Gasteiger charge is 2.32. The highest BCUT2D eigenvalue weighted by molar-refractivity contribution is 5.92. The summed E-state index contributed by atoms with van der Waals surface area (Å²) >= 11 is 0. The predicted octanol–water partition coefficient (Wildman–Crippen LogP) is 1.04. The first-order valence-electron chi connectivity index (χ1n) is 9.80. The monoisotopic (exact) mass is 383 g/mol. The van der Waals surface area contributed by atoms with E-state index in [1.807, 2.05) is 35.2 Å². The number of ether oxygens (including phenoxy) is 1. The van der Waals surface area contributed by atoms with Gasteiger partial charge in [-0.25, -0.2) is 4.68 Å². The highest BCUT2D eigenvalue weighted by atomic mass is 16.5. The standard InChI is InChI=1S/C20H25N5O3/c26-19(23-9-11-28-12-10-23)17-7-4-8-24(14-17)20(27)18-15-25(22-21-18)13-16-5-2-1-3-6-16/h1-3,5-6,15,17H,4,7-14H2/t17-/m0/s1. The molecule has 1 atom stereocenters. The van der Waals surface area contributed by atoms with Crippen molar-refractivity contribution in [3.8, 4) is 0 Å². The molecule has 8 heteroatoms. The number of hydrogen-bond acceptors (Lipinski definition) is 5. The summed E-state index contributed by atoms with van der Waals surface area (Å²) in [5.41, 5.74) is 1.43. The van der Waals surface area contributed by atoms with Gasteiger partial charge >= 0.3 is 0 Å². The maximum absolute atomic E-state index is 12.9. The number of piperidine rings is 1. The normalized spacial score (nSPS) is 20.2. The van der Waals surface area contributed by atoms with Crippen LogP contribution < -0.4 is 0 Å². The van der Waals surface area contributed by atoms with Crippen LogP contribution in [0.4, 0.5) is 0 Å². The van der Waals surface area contributed by atoms with Crippen LogP contribution in [0.25, 0.3) is 0 Å². The lowest BCUT2D eigenvalue weighted by molar-refractivity contribution is -0.141. The number of benzene rings is 1. The third kappa shape index (κ3) is 4.22. The third-order valence-corrected chi connectivity index (χ3v) is 5.33. The molecule has 4 rings (SSSR count). The molecule has 2 aromatic rings. The number of aromatic nitrogens is 3. The van der Waals surface area contributed by atoms with Crippen molar-refractivity contribution in [2.75, 3.05) is 39.4 Å². The molecule has 0 saturated carbocycles. The van der Waals surface area contributed by atoms with Crippen molar-refractivity contribution in [1.82, 2.24) is 24.8 Å². The zero-order valence-corrected chi connectivity index (χ0v) is 15.9. The lowest BCUT2D eigenvalue weighted by Gasteiger charge is -2.35. The van der Waals surface area contributed by atoms with Crippen molar-refractivity contribution in [2.45, 2.75) is 19.4 Å². The molecule has 2 aliphatic rings. The number of nitrogens with zero attached hydrogens (tertiary/aromatic N) is 5. The van der Waals surface area contributed by atoms with Gasteiger partial charge in [-0.2, -0.15) is 0 Å². The number of likely N-dealkylation sites (tertiary alicyclic amines) is 1. The first-order chi connectivity index (χ1) is 13.7. The quantitative estimate of drug-likeness (QED) is 0.788. The van der Waals surface area contributed by atoms with E-state index in [9.17, 15) is 9.59 Å². The number of carbonyl (C=O) groups excluding carboxylic acids is 2. The van der Waals surface area contributed by atoms with E-state index in [0.717, 1.165) is 18.4 Å². The molecule has 2 aliphatic heterocycles. The van der Waals surface area contributed by atoms with E-state index < -0.39 is 0 Å². The van der Waals surface area contributed by atoms with Crippen molar-refractivity contribution in [3.63, 3.8) is 0 Å². The summed E-state index contributed by atoms with van der Waals surface area (Å²) in [6.07, 6.45) is 3.33. The molecule has 8 nitrogen and oxygen atoms in total. The number of amides is 2. The fourth-order valence-corrected chi connectivity index (χ4v) is 3.81. The Labute approximate surface area is 164 Å². The second kappa shape index (κ2) is 8.52. The van der Waals surface area contributed by atoms with Crippen LogP contribution in [0.1, 0.15) is 28.9 Å². The Morgan fingerprint density at radius 2 is 1.86 bits per heavy atom. The zero-order valence-electron chi connectivity index (χ0n) is 15.9. The molecule has 28 heavy (non-hydrogen) atoms. The van der Waals surface area contributed by atoms with E-state index in [4.69, 9.17) is 4.74 Å². The Kier molecular flexibility index (Phi) is 5.66. The molecule has 148 valence electrons. The minimum atomic E-state index is -0.154. The zero-order chi connectivity index (χ0) is 19.3. The third-order valence-electron chi connectivity index (χ3n) is 5.33. The molecule has 0 bridgehead atoms. The lowest BCUT2D eigenvalue weighted by atomic mass is 9.96. The fourth-order valence-electron chi connectivity index (χ4n) is 3.81. The second-order valence-corrected chi connectivity index (χ2v) is 7.31. The molecule has 0 spiro atoms. The number of hydrogen-bond donors (Lipinski definition) is 0. The largest absolute Gasteiger partial charge is 0.378 e. The van der Waals surface area contributed by atoms with Crippen molar-refractivity contribution in [2.24, 2.45) is 5.92 Å². The molecule has 2 amide bonds. The van der Waals surface area contributed by atoms with Crippen molar-refractivity contribution < 1.29 is 14.3 Å². The average Bonchev–Trinajstić information content (AvgIpc) is 3.22. The Hall–Kier alpha value is -2.74. The summed E-state index contributed by atoms with van der Waals surface area (Å²) in [7, 11) is 0. The van der Waals surface area contributed by atoms with Gasteiger partial charge < -0.3 is 14.5 Å². The van der Waals surface area contributed by atoms with Gasteiger partial charge in [0.05, 0.1) is 31.9 Å². The van der Waals surface area contributed by atoms with Gasteiger partial charge in [-0.1, -0.05) is 35.5 Å². The van der Waals surface area contributed by atoms with Gasteiger partial charge in [0.15, 0.2) is 5.69 Å². The van der Waals surface area contributed by atoms with Gasteiger partial charge in [0.1, 0.15) is 0 Å². The molecule has 0 unspecified atom stereocenters. The first kappa shape index (κ1) is 18.6. The summed E-state index contributed by atoms with van der Waals surface area (Å²) < 4.78 is 6.99. The van der Waals surface area contributed by atoms with Crippen LogP contribution in [-0.4, -0.2) is 76.0 Å². The molecule has 1 aromatic heterocycles. The summed E-state index contributed by atoms with van der Waals surface area (Å²) in [4.78, 5) is 29.2. The molecular formula is C20H25N5O3. The van der Waals surface area contributed by atoms with Crippen LogP contribution in [0, 0.1) is 5.92 Å². The minimum Gasteiger partial charge on any atom is -0.378 e. The minimum absolute atomic E-state index is 0.133. The highest BCUT2D eigenvalue weighted by Crippen LogP contribution is 2.21. The summed E-state index contributed by atoms with van der Waals surface area (Å²) in [6.45, 7) is 4.11. The molecule has 2 saturated heterocycles. The van der Waals surface area contributed by atoms with Crippen molar-refractivity contribution in [3.05, 3.63) is 47.8 Å². The van der Waals surface area contributed by atoms with E-state index in [0.29, 0.717) is 51.6 Å². The van der Waals surface area contributed by atoms with Crippen LogP contribution in [0.15, 0.2) is 36.5 Å². The maximum Gasteiger partial charge on any atom is 0.276 e. The van der Waals surface area contributed by atoms with Crippen LogP contribution in [0.2, 0.25) is 0 Å². The van der Waals surface area contributed by atoms with Gasteiger partial charge in [-0.05, 0) is 18.4 Å². The van der Waals surface area contributed by atoms with Crippen LogP contribution >= 0.6 is 0 Å². The van der Waals surface area contributed by atoms with E-state index in [1.54, 1.807) is 15.8 Å². The summed E-state index contributed by atoms with van der Waals surface area (Å²) in [5, 5.41) is 8.14. The molecule has 1 aromatic carbocycles. The Morgan fingerprint density at radius 1 is 1.07 bits per heavy atom. The van der Waals surface area contributed by atoms with Crippen molar-refractivity contribution in [1.29, 1.82) is 0 Å². The maximum atomic E-state index is 12.9. The van der Waals surface area contributed by atoms with Crippen LogP contribution in [0.5, 0.6) is 0 Å². The smallest absolute Gasteiger partial charge is 0.276 e. The van der Waals surface area contributed by atoms with E-state index in [1.165, 1.54) is 0 Å². The van der Waals surface area contributed by atoms with E-state index in [-0.39, 0.29) is 17.7 Å². The molecule has 2 fully saturated rings. The van der Waals surface area contributed by atoms with Crippen LogP contribution in [-0.2, 0) is 16.1 Å². The number of morpholine rings is 1. The molecular weight excluding hydrogens is 358 g/mol. The van der Waals surface area contributed by atoms with E-state index >= 15 is 0 Å². The average molecular weight is 383 g/mol. The Morgan fingerprint density at radius 3 is 2.64 bits per heavy atom. The molecule has 0 N–H and O–H groups in total. The van der Waals surface area contributed by atoms with Gasteiger partial charge in [-0.3, -0.25) is 9.59 Å². The summed E-state index contributed by atoms with van der Waals surface area (Å²) in [5.74, 6) is -0.164. The Bertz CT molecular complexity index is 816. The van der Waals surface area contributed by atoms with Crippen LogP contribution in [0.3, 0.4) is 0 Å². The lowest BCUT2D eigenvalue weighted by Crippen LogP contribution is -2.49. The SMILES string of the molecule is O=C(c1cn(Cc2ccccc2)nn1)N1CCC[C@H](C(=O)N2CCOCC2)C1. The van der Waals surface area contributed by atoms with Gasteiger partial charge in [-0.15, -0.1) is 5.10 Å². The van der Waals surface area contributed by atoms with Gasteiger partial charge in [0.2, 0.25) is 5.91 Å². The van der Waals surface area contributed by atoms with Gasteiger partial charge in [0, 0.05) is 26.2 Å². The second-order valence-electron chi connectivity index (χ2n) is 7.31. The number of rotatable bonds is 4. The van der Waals surface area contributed by atoms with Gasteiger partial charge in [0.25, 0.3) is 5.91 Å². The first-order valence-corrected chi connectivity index (χ1v) is 9.80. The van der Waals surface area contributed by atoms with E-state index in [2.05, 4.69) is 10.3 Å². The fraction of sp³-hybridized carbons (Fsp3) is 0.500. The molecule has 0 radical (unpaired) electrons. The predicted molar refractivity (Wildman–Crippen MR) is 102 cm³/mol. The molecule has 3 heterocycles. The summed E-state index contributed by atoms with van der Waals surface area (Å²) in [6, 6.07) is 9.92.